The molecular weight excluding hydrogens is 270 g/mol. The minimum atomic E-state index is -1.09. The summed E-state index contributed by atoms with van der Waals surface area (Å²) >= 11 is 0. The third-order valence-electron chi connectivity index (χ3n) is 4.11. The molecule has 2 aliphatic heterocycles. The van der Waals surface area contributed by atoms with Crippen LogP contribution in [0.4, 0.5) is 4.79 Å². The van der Waals surface area contributed by atoms with E-state index in [1.165, 1.54) is 4.90 Å². The second-order valence-electron chi connectivity index (χ2n) is 5.67. The number of nitrogens with zero attached hydrogens (tertiary/aromatic N) is 2. The first-order chi connectivity index (χ1) is 10.1. The summed E-state index contributed by atoms with van der Waals surface area (Å²) in [6, 6.07) is 4.96. The maximum atomic E-state index is 12.7. The summed E-state index contributed by atoms with van der Waals surface area (Å²) in [5.41, 5.74) is -0.539. The number of ether oxygens (including phenoxy) is 1. The zero-order chi connectivity index (χ0) is 14.9. The van der Waals surface area contributed by atoms with Gasteiger partial charge in [0.15, 0.2) is 5.54 Å². The minimum absolute atomic E-state index is 0.0560. The van der Waals surface area contributed by atoms with Crippen LogP contribution in [0.1, 0.15) is 31.9 Å². The number of imide groups is 1. The molecule has 0 spiro atoms. The van der Waals surface area contributed by atoms with Crippen LogP contribution in [-0.2, 0) is 15.1 Å². The third-order valence-corrected chi connectivity index (χ3v) is 4.11. The molecule has 1 aromatic rings. The lowest BCUT2D eigenvalue weighted by molar-refractivity contribution is -0.133. The van der Waals surface area contributed by atoms with Crippen molar-refractivity contribution in [1.82, 2.24) is 15.2 Å². The van der Waals surface area contributed by atoms with Gasteiger partial charge >= 0.3 is 6.03 Å². The van der Waals surface area contributed by atoms with E-state index >= 15 is 0 Å². The van der Waals surface area contributed by atoms with Gasteiger partial charge in [0.05, 0.1) is 18.3 Å². The minimum Gasteiger partial charge on any atom is -0.376 e. The van der Waals surface area contributed by atoms with E-state index in [2.05, 4.69) is 10.3 Å². The molecule has 2 saturated heterocycles. The second kappa shape index (κ2) is 5.44. The molecule has 21 heavy (non-hydrogen) atoms. The Kier molecular flexibility index (Phi) is 3.63. The van der Waals surface area contributed by atoms with Gasteiger partial charge in [0.1, 0.15) is 0 Å². The van der Waals surface area contributed by atoms with E-state index < -0.39 is 5.54 Å². The number of hydrogen-bond acceptors (Lipinski definition) is 4. The monoisotopic (exact) mass is 289 g/mol. The van der Waals surface area contributed by atoms with Crippen LogP contribution in [0.2, 0.25) is 0 Å². The van der Waals surface area contributed by atoms with Crippen LogP contribution in [0.5, 0.6) is 0 Å². The summed E-state index contributed by atoms with van der Waals surface area (Å²) in [7, 11) is 0. The topological polar surface area (TPSA) is 71.5 Å². The van der Waals surface area contributed by atoms with Crippen LogP contribution in [0.15, 0.2) is 24.4 Å². The molecule has 0 radical (unpaired) electrons. The zero-order valence-corrected chi connectivity index (χ0v) is 12.0. The molecule has 0 saturated carbocycles. The highest BCUT2D eigenvalue weighted by atomic mass is 16.5. The molecule has 2 fully saturated rings. The smallest absolute Gasteiger partial charge is 0.325 e. The lowest BCUT2D eigenvalue weighted by atomic mass is 9.97. The summed E-state index contributed by atoms with van der Waals surface area (Å²) in [6.07, 6.45) is 4.57. The van der Waals surface area contributed by atoms with E-state index in [-0.39, 0.29) is 18.0 Å². The van der Waals surface area contributed by atoms with Gasteiger partial charge in [0.25, 0.3) is 5.91 Å². The Morgan fingerprint density at radius 3 is 2.95 bits per heavy atom. The van der Waals surface area contributed by atoms with Crippen LogP contribution in [0.25, 0.3) is 0 Å². The first-order valence-corrected chi connectivity index (χ1v) is 7.28. The summed E-state index contributed by atoms with van der Waals surface area (Å²) in [6.45, 7) is 2.70. The highest BCUT2D eigenvalue weighted by Crippen LogP contribution is 2.28. The van der Waals surface area contributed by atoms with E-state index in [9.17, 15) is 9.59 Å². The lowest BCUT2D eigenvalue weighted by Crippen LogP contribution is -2.43. The average Bonchev–Trinajstić information content (AvgIpc) is 2.74. The van der Waals surface area contributed by atoms with Crippen LogP contribution in [0.3, 0.4) is 0 Å². The number of urea groups is 1. The van der Waals surface area contributed by atoms with Crippen LogP contribution in [0, 0.1) is 0 Å². The Hall–Kier alpha value is -1.95. The highest BCUT2D eigenvalue weighted by molar-refractivity contribution is 6.07. The molecular formula is C15H19N3O3. The Balaban J connectivity index is 1.78. The maximum absolute atomic E-state index is 12.7. The van der Waals surface area contributed by atoms with Crippen molar-refractivity contribution in [2.45, 2.75) is 37.8 Å². The fourth-order valence-electron chi connectivity index (χ4n) is 2.85. The predicted octanol–water partition coefficient (Wildman–Crippen LogP) is 1.42. The van der Waals surface area contributed by atoms with Gasteiger partial charge in [-0.2, -0.15) is 0 Å². The van der Waals surface area contributed by atoms with E-state index in [1.54, 1.807) is 31.3 Å². The number of nitrogens with one attached hydrogen (secondary N) is 1. The molecule has 0 unspecified atom stereocenters. The van der Waals surface area contributed by atoms with Gasteiger partial charge in [-0.3, -0.25) is 14.7 Å². The number of carbonyl (C=O) groups is 2. The van der Waals surface area contributed by atoms with Crippen LogP contribution < -0.4 is 5.32 Å². The van der Waals surface area contributed by atoms with Gasteiger partial charge in [-0.25, -0.2) is 4.79 Å². The summed E-state index contributed by atoms with van der Waals surface area (Å²) in [5, 5.41) is 2.76. The average molecular weight is 289 g/mol. The quantitative estimate of drug-likeness (QED) is 0.854. The van der Waals surface area contributed by atoms with Gasteiger partial charge in [-0.05, 0) is 38.3 Å². The fraction of sp³-hybridized carbons (Fsp3) is 0.533. The molecule has 1 N–H and O–H groups in total. The molecule has 0 aliphatic carbocycles. The van der Waals surface area contributed by atoms with E-state index in [0.717, 1.165) is 19.3 Å². The Labute approximate surface area is 123 Å². The standard InChI is InChI=1S/C15H19N3O3/c1-15(12-7-2-4-8-16-12)13(19)18(14(20)17-15)10-11-6-3-5-9-21-11/h2,4,7-8,11H,3,5-6,9-10H2,1H3,(H,17,20)/t11-,15-/m0/s1. The number of aromatic nitrogens is 1. The number of rotatable bonds is 3. The van der Waals surface area contributed by atoms with Crippen molar-refractivity contribution in [3.63, 3.8) is 0 Å². The van der Waals surface area contributed by atoms with Crippen molar-refractivity contribution in [2.75, 3.05) is 13.2 Å². The van der Waals surface area contributed by atoms with Crippen LogP contribution >= 0.6 is 0 Å². The maximum Gasteiger partial charge on any atom is 0.325 e. The van der Waals surface area contributed by atoms with Crippen molar-refractivity contribution >= 4 is 11.9 Å². The molecule has 112 valence electrons. The lowest BCUT2D eigenvalue weighted by Gasteiger charge is -2.26. The molecule has 1 aromatic heterocycles. The number of pyridine rings is 1. The fourth-order valence-corrected chi connectivity index (χ4v) is 2.85. The number of hydrogen-bond donors (Lipinski definition) is 1. The summed E-state index contributed by atoms with van der Waals surface area (Å²) < 4.78 is 5.62. The Morgan fingerprint density at radius 1 is 1.43 bits per heavy atom. The van der Waals surface area contributed by atoms with Crippen molar-refractivity contribution in [3.05, 3.63) is 30.1 Å². The molecule has 3 rings (SSSR count). The normalized spacial score (nSPS) is 29.6. The molecule has 3 amide bonds. The van der Waals surface area contributed by atoms with E-state index in [4.69, 9.17) is 4.74 Å². The van der Waals surface area contributed by atoms with Crippen molar-refractivity contribution in [1.29, 1.82) is 0 Å². The second-order valence-corrected chi connectivity index (χ2v) is 5.67. The van der Waals surface area contributed by atoms with Gasteiger partial charge in [-0.1, -0.05) is 6.07 Å². The van der Waals surface area contributed by atoms with Crippen molar-refractivity contribution < 1.29 is 14.3 Å². The Bertz CT molecular complexity index is 542. The summed E-state index contributed by atoms with van der Waals surface area (Å²) in [4.78, 5) is 30.3. The summed E-state index contributed by atoms with van der Waals surface area (Å²) in [5.74, 6) is -0.264. The molecule has 6 nitrogen and oxygen atoms in total. The van der Waals surface area contributed by atoms with Gasteiger partial charge in [-0.15, -0.1) is 0 Å². The van der Waals surface area contributed by atoms with Crippen molar-refractivity contribution in [3.8, 4) is 0 Å². The molecule has 2 aliphatic rings. The molecule has 0 aromatic carbocycles. The van der Waals surface area contributed by atoms with Gasteiger partial charge in [0, 0.05) is 12.8 Å². The number of carbonyl (C=O) groups excluding carboxylic acids is 2. The van der Waals surface area contributed by atoms with E-state index in [1.807, 2.05) is 0 Å². The largest absolute Gasteiger partial charge is 0.376 e. The first kappa shape index (κ1) is 14.0. The third kappa shape index (κ3) is 2.51. The molecule has 3 heterocycles. The number of amides is 3. The molecule has 0 bridgehead atoms. The van der Waals surface area contributed by atoms with E-state index in [0.29, 0.717) is 18.8 Å². The van der Waals surface area contributed by atoms with Gasteiger partial charge < -0.3 is 10.1 Å². The molecule has 6 heteroatoms. The first-order valence-electron chi connectivity index (χ1n) is 7.28. The highest BCUT2D eigenvalue weighted by Gasteiger charge is 2.50. The SMILES string of the molecule is C[C@@]1(c2ccccn2)NC(=O)N(C[C@@H]2CCCCO2)C1=O. The Morgan fingerprint density at radius 2 is 2.29 bits per heavy atom. The molecule has 2 atom stereocenters. The predicted molar refractivity (Wildman–Crippen MR) is 75.4 cm³/mol. The zero-order valence-electron chi connectivity index (χ0n) is 12.0. The van der Waals surface area contributed by atoms with Crippen LogP contribution in [-0.4, -0.2) is 41.1 Å². The van der Waals surface area contributed by atoms with Crippen molar-refractivity contribution in [2.24, 2.45) is 0 Å². The van der Waals surface area contributed by atoms with Gasteiger partial charge in [0.2, 0.25) is 0 Å².